The number of halogens is 3. The summed E-state index contributed by atoms with van der Waals surface area (Å²) < 4.78 is 32.9. The molecule has 0 heterocycles. The van der Waals surface area contributed by atoms with Crippen molar-refractivity contribution in [2.75, 3.05) is 7.11 Å². The first-order valence-corrected chi connectivity index (χ1v) is 9.14. The Balaban J connectivity index is 2.21. The first kappa shape index (κ1) is 17.6. The van der Waals surface area contributed by atoms with E-state index in [9.17, 15) is 8.42 Å². The number of rotatable bonds is 5. The van der Waals surface area contributed by atoms with Gasteiger partial charge in [-0.3, -0.25) is 0 Å². The predicted molar refractivity (Wildman–Crippen MR) is 91.2 cm³/mol. The third-order valence-electron chi connectivity index (χ3n) is 2.86. The summed E-state index contributed by atoms with van der Waals surface area (Å²) in [5, 5.41) is 0.114. The van der Waals surface area contributed by atoms with Gasteiger partial charge in [0.2, 0.25) is 10.0 Å². The Morgan fingerprint density at radius 3 is 2.18 bits per heavy atom. The van der Waals surface area contributed by atoms with Gasteiger partial charge in [0.05, 0.1) is 17.2 Å². The maximum atomic E-state index is 12.4. The van der Waals surface area contributed by atoms with Crippen LogP contribution in [0.25, 0.3) is 0 Å². The molecule has 0 saturated carbocycles. The molecule has 4 nitrogen and oxygen atoms in total. The van der Waals surface area contributed by atoms with E-state index < -0.39 is 10.0 Å². The predicted octanol–water partition coefficient (Wildman–Crippen LogP) is 4.24. The third kappa shape index (κ3) is 4.14. The fourth-order valence-electron chi connectivity index (χ4n) is 1.78. The summed E-state index contributed by atoms with van der Waals surface area (Å²) in [5.74, 6) is 0.700. The molecule has 2 aromatic rings. The number of ether oxygens (including phenoxy) is 1. The summed E-state index contributed by atoms with van der Waals surface area (Å²) in [6.45, 7) is 0.120. The van der Waals surface area contributed by atoms with Gasteiger partial charge in [-0.1, -0.05) is 51.3 Å². The van der Waals surface area contributed by atoms with Gasteiger partial charge in [0.25, 0.3) is 0 Å². The Morgan fingerprint density at radius 1 is 1.14 bits per heavy atom. The molecule has 0 spiro atoms. The van der Waals surface area contributed by atoms with E-state index in [-0.39, 0.29) is 21.5 Å². The lowest BCUT2D eigenvalue weighted by Crippen LogP contribution is -2.24. The van der Waals surface area contributed by atoms with Crippen LogP contribution < -0.4 is 9.46 Å². The van der Waals surface area contributed by atoms with Crippen molar-refractivity contribution >= 4 is 49.2 Å². The van der Waals surface area contributed by atoms with E-state index in [0.29, 0.717) is 10.2 Å². The van der Waals surface area contributed by atoms with Crippen molar-refractivity contribution in [1.82, 2.24) is 4.72 Å². The van der Waals surface area contributed by atoms with E-state index in [1.807, 2.05) is 0 Å². The summed E-state index contributed by atoms with van der Waals surface area (Å²) in [4.78, 5) is -0.132. The van der Waals surface area contributed by atoms with Crippen molar-refractivity contribution < 1.29 is 13.2 Å². The molecule has 0 aliphatic carbocycles. The highest BCUT2D eigenvalue weighted by atomic mass is 79.9. The minimum Gasteiger partial charge on any atom is -0.497 e. The summed E-state index contributed by atoms with van der Waals surface area (Å²) in [6.07, 6.45) is 0. The molecule has 0 amide bonds. The van der Waals surface area contributed by atoms with Crippen LogP contribution in [0.15, 0.2) is 45.8 Å². The summed E-state index contributed by atoms with van der Waals surface area (Å²) in [7, 11) is -2.25. The summed E-state index contributed by atoms with van der Waals surface area (Å²) >= 11 is 15.2. The average Bonchev–Trinajstić information content (AvgIpc) is 2.44. The Morgan fingerprint density at radius 2 is 1.68 bits per heavy atom. The SMILES string of the molecule is COc1ccc(CNS(=O)(=O)c2c(Cl)cc(Br)cc2Cl)cc1. The number of sulfonamides is 1. The zero-order valence-electron chi connectivity index (χ0n) is 11.4. The second kappa shape index (κ2) is 7.19. The Labute approximate surface area is 147 Å². The second-order valence-electron chi connectivity index (χ2n) is 4.37. The van der Waals surface area contributed by atoms with E-state index in [1.54, 1.807) is 31.4 Å². The van der Waals surface area contributed by atoms with Gasteiger partial charge in [-0.15, -0.1) is 0 Å². The largest absolute Gasteiger partial charge is 0.497 e. The zero-order chi connectivity index (χ0) is 16.3. The molecule has 0 bridgehead atoms. The van der Waals surface area contributed by atoms with Gasteiger partial charge in [0, 0.05) is 11.0 Å². The fraction of sp³-hybridized carbons (Fsp3) is 0.143. The van der Waals surface area contributed by atoms with Gasteiger partial charge in [-0.25, -0.2) is 13.1 Å². The number of methoxy groups -OCH3 is 1. The molecule has 22 heavy (non-hydrogen) atoms. The molecule has 0 aliphatic rings. The molecular formula is C14H12BrCl2NO3S. The lowest BCUT2D eigenvalue weighted by molar-refractivity contribution is 0.414. The second-order valence-corrected chi connectivity index (χ2v) is 7.81. The van der Waals surface area contributed by atoms with Gasteiger partial charge in [0.1, 0.15) is 10.6 Å². The van der Waals surface area contributed by atoms with Crippen molar-refractivity contribution in [1.29, 1.82) is 0 Å². The smallest absolute Gasteiger partial charge is 0.243 e. The first-order valence-electron chi connectivity index (χ1n) is 6.10. The van der Waals surface area contributed by atoms with Crippen LogP contribution in [0.1, 0.15) is 5.56 Å². The monoisotopic (exact) mass is 423 g/mol. The van der Waals surface area contributed by atoms with Crippen LogP contribution in [0, 0.1) is 0 Å². The topological polar surface area (TPSA) is 55.4 Å². The molecular weight excluding hydrogens is 413 g/mol. The molecule has 0 aromatic heterocycles. The van der Waals surface area contributed by atoms with Crippen molar-refractivity contribution in [2.45, 2.75) is 11.4 Å². The lowest BCUT2D eigenvalue weighted by atomic mass is 10.2. The normalized spacial score (nSPS) is 11.5. The Bertz CT molecular complexity index is 756. The average molecular weight is 425 g/mol. The molecule has 2 aromatic carbocycles. The quantitative estimate of drug-likeness (QED) is 0.780. The maximum absolute atomic E-state index is 12.4. The van der Waals surface area contributed by atoms with Crippen LogP contribution in [0.5, 0.6) is 5.75 Å². The van der Waals surface area contributed by atoms with E-state index in [4.69, 9.17) is 27.9 Å². The summed E-state index contributed by atoms with van der Waals surface area (Å²) in [5.41, 5.74) is 0.786. The number of hydrogen-bond donors (Lipinski definition) is 1. The fourth-order valence-corrected chi connectivity index (χ4v) is 4.73. The standard InChI is InChI=1S/C14H12BrCl2NO3S/c1-21-11-4-2-9(3-5-11)8-18-22(19,20)14-12(16)6-10(15)7-13(14)17/h2-7,18H,8H2,1H3. The number of hydrogen-bond acceptors (Lipinski definition) is 3. The van der Waals surface area contributed by atoms with Gasteiger partial charge >= 0.3 is 0 Å². The van der Waals surface area contributed by atoms with Crippen molar-refractivity contribution in [3.8, 4) is 5.75 Å². The highest BCUT2D eigenvalue weighted by molar-refractivity contribution is 9.10. The van der Waals surface area contributed by atoms with Crippen LogP contribution in [-0.2, 0) is 16.6 Å². The van der Waals surface area contributed by atoms with E-state index in [1.165, 1.54) is 12.1 Å². The Hall–Kier alpha value is -0.790. The minimum atomic E-state index is -3.82. The number of nitrogens with one attached hydrogen (secondary N) is 1. The first-order chi connectivity index (χ1) is 10.3. The maximum Gasteiger partial charge on any atom is 0.243 e. The van der Waals surface area contributed by atoms with Crippen molar-refractivity contribution in [2.24, 2.45) is 0 Å². The summed E-state index contributed by atoms with van der Waals surface area (Å²) in [6, 6.07) is 10.0. The van der Waals surface area contributed by atoms with Crippen LogP contribution in [0.2, 0.25) is 10.0 Å². The minimum absolute atomic E-state index is 0.0570. The van der Waals surface area contributed by atoms with E-state index in [2.05, 4.69) is 20.7 Å². The van der Waals surface area contributed by atoms with Crippen molar-refractivity contribution in [3.63, 3.8) is 0 Å². The van der Waals surface area contributed by atoms with Crippen molar-refractivity contribution in [3.05, 3.63) is 56.5 Å². The van der Waals surface area contributed by atoms with Gasteiger partial charge < -0.3 is 4.74 Å². The molecule has 0 radical (unpaired) electrons. The third-order valence-corrected chi connectivity index (χ3v) is 5.64. The molecule has 8 heteroatoms. The lowest BCUT2D eigenvalue weighted by Gasteiger charge is -2.11. The number of benzene rings is 2. The molecule has 0 aliphatic heterocycles. The van der Waals surface area contributed by atoms with Crippen LogP contribution in [0.3, 0.4) is 0 Å². The zero-order valence-corrected chi connectivity index (χ0v) is 15.4. The molecule has 0 saturated heterocycles. The highest BCUT2D eigenvalue weighted by Crippen LogP contribution is 2.32. The molecule has 118 valence electrons. The highest BCUT2D eigenvalue weighted by Gasteiger charge is 2.22. The van der Waals surface area contributed by atoms with Crippen LogP contribution >= 0.6 is 39.1 Å². The van der Waals surface area contributed by atoms with E-state index >= 15 is 0 Å². The molecule has 0 atom stereocenters. The van der Waals surface area contributed by atoms with Gasteiger partial charge in [-0.05, 0) is 29.8 Å². The molecule has 0 fully saturated rings. The molecule has 0 unspecified atom stereocenters. The Kier molecular flexibility index (Phi) is 5.74. The van der Waals surface area contributed by atoms with Crippen LogP contribution in [0.4, 0.5) is 0 Å². The van der Waals surface area contributed by atoms with E-state index in [0.717, 1.165) is 5.56 Å². The molecule has 1 N–H and O–H groups in total. The van der Waals surface area contributed by atoms with Gasteiger partial charge in [0.15, 0.2) is 0 Å². The van der Waals surface area contributed by atoms with Crippen LogP contribution in [-0.4, -0.2) is 15.5 Å². The van der Waals surface area contributed by atoms with Gasteiger partial charge in [-0.2, -0.15) is 0 Å². The molecule has 2 rings (SSSR count).